The van der Waals surface area contributed by atoms with Crippen molar-refractivity contribution in [1.29, 1.82) is 0 Å². The van der Waals surface area contributed by atoms with Crippen molar-refractivity contribution in [3.05, 3.63) is 35.9 Å². The summed E-state index contributed by atoms with van der Waals surface area (Å²) in [5.41, 5.74) is 1.50. The highest BCUT2D eigenvalue weighted by Crippen LogP contribution is 2.32. The lowest BCUT2D eigenvalue weighted by molar-refractivity contribution is 0.111. The second-order valence-electron chi connectivity index (χ2n) is 7.70. The van der Waals surface area contributed by atoms with Gasteiger partial charge in [0.25, 0.3) is 0 Å². The Morgan fingerprint density at radius 3 is 2.45 bits per heavy atom. The van der Waals surface area contributed by atoms with E-state index in [0.717, 1.165) is 12.0 Å². The first kappa shape index (κ1) is 16.1. The molecule has 2 aliphatic rings. The van der Waals surface area contributed by atoms with Crippen molar-refractivity contribution in [2.45, 2.75) is 76.7 Å². The third-order valence-electron chi connectivity index (χ3n) is 5.96. The minimum absolute atomic E-state index is 0.660. The molecule has 3 rings (SSSR count). The van der Waals surface area contributed by atoms with E-state index in [-0.39, 0.29) is 0 Å². The van der Waals surface area contributed by atoms with Crippen LogP contribution in [-0.4, -0.2) is 24.0 Å². The molecular weight excluding hydrogens is 266 g/mol. The number of piperidine rings is 1. The van der Waals surface area contributed by atoms with Crippen molar-refractivity contribution >= 4 is 0 Å². The molecule has 0 N–H and O–H groups in total. The molecular formula is C21H33N. The van der Waals surface area contributed by atoms with Gasteiger partial charge in [-0.05, 0) is 43.2 Å². The lowest BCUT2D eigenvalue weighted by Gasteiger charge is -2.39. The second-order valence-corrected chi connectivity index (χ2v) is 7.70. The summed E-state index contributed by atoms with van der Waals surface area (Å²) >= 11 is 0. The Morgan fingerprint density at radius 1 is 0.955 bits per heavy atom. The Labute approximate surface area is 137 Å². The van der Waals surface area contributed by atoms with Gasteiger partial charge < -0.3 is 0 Å². The van der Waals surface area contributed by atoms with Gasteiger partial charge in [-0.1, -0.05) is 75.8 Å². The minimum atomic E-state index is 0.660. The molecule has 1 aliphatic heterocycles. The van der Waals surface area contributed by atoms with E-state index in [1.165, 1.54) is 76.4 Å². The van der Waals surface area contributed by atoms with E-state index in [1.54, 1.807) is 0 Å². The molecule has 1 saturated heterocycles. The quantitative estimate of drug-likeness (QED) is 0.682. The van der Waals surface area contributed by atoms with Crippen LogP contribution in [0.5, 0.6) is 0 Å². The summed E-state index contributed by atoms with van der Waals surface area (Å²) in [7, 11) is 0. The van der Waals surface area contributed by atoms with Gasteiger partial charge in [0.2, 0.25) is 0 Å². The maximum atomic E-state index is 2.83. The lowest BCUT2D eigenvalue weighted by atomic mass is 9.82. The average molecular weight is 300 g/mol. The van der Waals surface area contributed by atoms with E-state index in [0.29, 0.717) is 5.92 Å². The van der Waals surface area contributed by atoms with Crippen LogP contribution in [0.1, 0.15) is 76.2 Å². The molecule has 1 heterocycles. The van der Waals surface area contributed by atoms with Crippen molar-refractivity contribution in [2.24, 2.45) is 5.92 Å². The van der Waals surface area contributed by atoms with E-state index in [9.17, 15) is 0 Å². The topological polar surface area (TPSA) is 3.24 Å². The molecule has 0 spiro atoms. The highest BCUT2D eigenvalue weighted by Gasteiger charge is 2.27. The highest BCUT2D eigenvalue weighted by molar-refractivity contribution is 5.19. The predicted octanol–water partition coefficient (Wildman–Crippen LogP) is 5.62. The summed E-state index contributed by atoms with van der Waals surface area (Å²) in [5, 5.41) is 0. The first-order valence-corrected chi connectivity index (χ1v) is 9.62. The molecule has 2 fully saturated rings. The third-order valence-corrected chi connectivity index (χ3v) is 5.96. The number of rotatable bonds is 5. The van der Waals surface area contributed by atoms with Crippen LogP contribution in [0.25, 0.3) is 0 Å². The van der Waals surface area contributed by atoms with Crippen LogP contribution in [0, 0.1) is 5.92 Å². The summed E-state index contributed by atoms with van der Waals surface area (Å²) in [6, 6.07) is 11.9. The zero-order valence-corrected chi connectivity index (χ0v) is 14.3. The van der Waals surface area contributed by atoms with Crippen molar-refractivity contribution in [3.8, 4) is 0 Å². The Morgan fingerprint density at radius 2 is 1.68 bits per heavy atom. The van der Waals surface area contributed by atoms with Crippen LogP contribution in [0.2, 0.25) is 0 Å². The van der Waals surface area contributed by atoms with Crippen LogP contribution in [0.4, 0.5) is 0 Å². The van der Waals surface area contributed by atoms with Gasteiger partial charge in [-0.3, -0.25) is 4.90 Å². The zero-order chi connectivity index (χ0) is 15.2. The van der Waals surface area contributed by atoms with Gasteiger partial charge in [0, 0.05) is 12.6 Å². The average Bonchev–Trinajstić information content (AvgIpc) is 2.58. The fourth-order valence-corrected chi connectivity index (χ4v) is 4.61. The number of likely N-dealkylation sites (tertiary alicyclic amines) is 1. The Kier molecular flexibility index (Phi) is 5.95. The van der Waals surface area contributed by atoms with Crippen molar-refractivity contribution in [3.63, 3.8) is 0 Å². The first-order valence-electron chi connectivity index (χ1n) is 9.62. The summed E-state index contributed by atoms with van der Waals surface area (Å²) < 4.78 is 0. The van der Waals surface area contributed by atoms with Crippen molar-refractivity contribution < 1.29 is 0 Å². The molecule has 1 nitrogen and oxygen atoms in total. The standard InChI is InChI=1S/C21H33N/c1-18(20-12-6-3-7-13-20)17-22-15-9-8-14-21(22)16-19-10-4-2-5-11-19/h3,6-7,12-13,18-19,21H,2,4-5,8-11,14-17H2,1H3. The van der Waals surface area contributed by atoms with E-state index < -0.39 is 0 Å². The number of benzene rings is 1. The summed E-state index contributed by atoms with van der Waals surface area (Å²) in [4.78, 5) is 2.83. The predicted molar refractivity (Wildman–Crippen MR) is 95.3 cm³/mol. The SMILES string of the molecule is CC(CN1CCCCC1CC1CCCCC1)c1ccccc1. The second kappa shape index (κ2) is 8.15. The number of nitrogens with zero attached hydrogens (tertiary/aromatic N) is 1. The van der Waals surface area contributed by atoms with Crippen LogP contribution in [0.3, 0.4) is 0 Å². The molecule has 1 heteroatoms. The number of hydrogen-bond donors (Lipinski definition) is 0. The van der Waals surface area contributed by atoms with Gasteiger partial charge >= 0.3 is 0 Å². The van der Waals surface area contributed by atoms with Crippen LogP contribution in [0.15, 0.2) is 30.3 Å². The Bertz CT molecular complexity index is 421. The van der Waals surface area contributed by atoms with Crippen molar-refractivity contribution in [1.82, 2.24) is 4.90 Å². The highest BCUT2D eigenvalue weighted by atomic mass is 15.2. The van der Waals surface area contributed by atoms with E-state index in [2.05, 4.69) is 42.2 Å². The van der Waals surface area contributed by atoms with Gasteiger partial charge in [-0.2, -0.15) is 0 Å². The maximum absolute atomic E-state index is 2.83. The molecule has 1 aromatic carbocycles. The van der Waals surface area contributed by atoms with Gasteiger partial charge in [0.1, 0.15) is 0 Å². The molecule has 1 aromatic rings. The maximum Gasteiger partial charge on any atom is 0.00981 e. The monoisotopic (exact) mass is 299 g/mol. The molecule has 1 aliphatic carbocycles. The van der Waals surface area contributed by atoms with Crippen LogP contribution >= 0.6 is 0 Å². The first-order chi connectivity index (χ1) is 10.8. The smallest absolute Gasteiger partial charge is 0.00981 e. The fourth-order valence-electron chi connectivity index (χ4n) is 4.61. The zero-order valence-electron chi connectivity index (χ0n) is 14.3. The van der Waals surface area contributed by atoms with E-state index >= 15 is 0 Å². The summed E-state index contributed by atoms with van der Waals surface area (Å²) in [6.07, 6.45) is 13.2. The Hall–Kier alpha value is -0.820. The van der Waals surface area contributed by atoms with Gasteiger partial charge in [-0.25, -0.2) is 0 Å². The Balaban J connectivity index is 1.57. The lowest BCUT2D eigenvalue weighted by Crippen LogP contribution is -2.42. The molecule has 2 atom stereocenters. The van der Waals surface area contributed by atoms with Crippen LogP contribution in [-0.2, 0) is 0 Å². The van der Waals surface area contributed by atoms with Gasteiger partial charge in [0.15, 0.2) is 0 Å². The van der Waals surface area contributed by atoms with E-state index in [4.69, 9.17) is 0 Å². The number of hydrogen-bond acceptors (Lipinski definition) is 1. The normalized spacial score (nSPS) is 26.0. The van der Waals surface area contributed by atoms with E-state index in [1.807, 2.05) is 0 Å². The largest absolute Gasteiger partial charge is 0.300 e. The summed E-state index contributed by atoms with van der Waals surface area (Å²) in [5.74, 6) is 1.68. The molecule has 122 valence electrons. The van der Waals surface area contributed by atoms with Crippen molar-refractivity contribution in [2.75, 3.05) is 13.1 Å². The minimum Gasteiger partial charge on any atom is -0.300 e. The molecule has 0 amide bonds. The molecule has 0 aromatic heterocycles. The van der Waals surface area contributed by atoms with Crippen LogP contribution < -0.4 is 0 Å². The summed E-state index contributed by atoms with van der Waals surface area (Å²) in [6.45, 7) is 4.98. The van der Waals surface area contributed by atoms with Gasteiger partial charge in [-0.15, -0.1) is 0 Å². The molecule has 22 heavy (non-hydrogen) atoms. The third kappa shape index (κ3) is 4.35. The molecule has 2 unspecified atom stereocenters. The fraction of sp³-hybridized carbons (Fsp3) is 0.714. The molecule has 0 bridgehead atoms. The molecule has 0 radical (unpaired) electrons. The van der Waals surface area contributed by atoms with Gasteiger partial charge in [0.05, 0.1) is 0 Å². The molecule has 1 saturated carbocycles.